The normalized spacial score (nSPS) is 13.1. The lowest BCUT2D eigenvalue weighted by Crippen LogP contribution is -2.34. The van der Waals surface area contributed by atoms with Gasteiger partial charge in [0.05, 0.1) is 11.9 Å². The van der Waals surface area contributed by atoms with Gasteiger partial charge in [0.1, 0.15) is 28.7 Å². The molecule has 37 heavy (non-hydrogen) atoms. The number of nitrogens with one attached hydrogen (secondary N) is 1. The van der Waals surface area contributed by atoms with Crippen molar-refractivity contribution in [2.75, 3.05) is 18.4 Å². The van der Waals surface area contributed by atoms with Gasteiger partial charge in [-0.2, -0.15) is 0 Å². The summed E-state index contributed by atoms with van der Waals surface area (Å²) in [5.74, 6) is 1.81. The van der Waals surface area contributed by atoms with Crippen LogP contribution in [0.5, 0.6) is 11.5 Å². The third-order valence-corrected chi connectivity index (χ3v) is 8.02. The van der Waals surface area contributed by atoms with Crippen LogP contribution in [0, 0.1) is 0 Å². The second-order valence-electron chi connectivity index (χ2n) is 9.26. The van der Waals surface area contributed by atoms with Crippen molar-refractivity contribution >= 4 is 33.1 Å². The first-order chi connectivity index (χ1) is 18.1. The van der Waals surface area contributed by atoms with Crippen LogP contribution in [0.25, 0.3) is 10.2 Å². The molecule has 1 aliphatic rings. The van der Waals surface area contributed by atoms with Gasteiger partial charge < -0.3 is 10.1 Å². The molecule has 4 aromatic rings. The number of aromatic nitrogens is 2. The van der Waals surface area contributed by atoms with E-state index in [0.717, 1.165) is 54.9 Å². The topological polar surface area (TPSA) is 76.5 Å². The average Bonchev–Trinajstić information content (AvgIpc) is 3.29. The Bertz CT molecular complexity index is 1440. The van der Waals surface area contributed by atoms with Gasteiger partial charge in [0.2, 0.25) is 5.91 Å². The van der Waals surface area contributed by atoms with Gasteiger partial charge in [0.25, 0.3) is 5.56 Å². The number of anilines is 1. The molecule has 8 heteroatoms. The molecule has 2 aromatic heterocycles. The van der Waals surface area contributed by atoms with Crippen LogP contribution in [0.4, 0.5) is 5.69 Å². The summed E-state index contributed by atoms with van der Waals surface area (Å²) in [5, 5.41) is 3.64. The number of rotatable bonds is 9. The Hall–Kier alpha value is -3.49. The van der Waals surface area contributed by atoms with E-state index >= 15 is 0 Å². The van der Waals surface area contributed by atoms with Gasteiger partial charge >= 0.3 is 0 Å². The van der Waals surface area contributed by atoms with E-state index in [9.17, 15) is 9.59 Å². The van der Waals surface area contributed by atoms with E-state index in [0.29, 0.717) is 29.2 Å². The van der Waals surface area contributed by atoms with Crippen LogP contribution in [-0.2, 0) is 30.7 Å². The fourth-order valence-corrected chi connectivity index (χ4v) is 6.06. The van der Waals surface area contributed by atoms with E-state index in [1.165, 1.54) is 4.88 Å². The molecule has 2 heterocycles. The lowest BCUT2D eigenvalue weighted by Gasteiger charge is -2.20. The van der Waals surface area contributed by atoms with Gasteiger partial charge in [-0.15, -0.1) is 11.3 Å². The number of thiophene rings is 1. The number of carbonyl (C=O) groups excluding carboxylic acids is 1. The van der Waals surface area contributed by atoms with Crippen LogP contribution in [0.2, 0.25) is 0 Å². The van der Waals surface area contributed by atoms with E-state index < -0.39 is 0 Å². The Labute approximate surface area is 220 Å². The Balaban J connectivity index is 1.39. The van der Waals surface area contributed by atoms with Crippen LogP contribution < -0.4 is 15.6 Å². The lowest BCUT2D eigenvalue weighted by atomic mass is 9.97. The zero-order valence-electron chi connectivity index (χ0n) is 21.3. The first-order valence-electron chi connectivity index (χ1n) is 12.9. The summed E-state index contributed by atoms with van der Waals surface area (Å²) < 4.78 is 7.41. The molecule has 0 fully saturated rings. The Morgan fingerprint density at radius 1 is 1.03 bits per heavy atom. The van der Waals surface area contributed by atoms with Crippen LogP contribution in [-0.4, -0.2) is 33.4 Å². The number of ether oxygens (including phenoxy) is 1. The first-order valence-corrected chi connectivity index (χ1v) is 13.8. The summed E-state index contributed by atoms with van der Waals surface area (Å²) in [7, 11) is 0. The first kappa shape index (κ1) is 25.2. The summed E-state index contributed by atoms with van der Waals surface area (Å²) in [4.78, 5) is 36.1. The number of amides is 1. The third-order valence-electron chi connectivity index (χ3n) is 6.83. The van der Waals surface area contributed by atoms with Crippen molar-refractivity contribution in [3.63, 3.8) is 0 Å². The smallest absolute Gasteiger partial charge is 0.263 e. The Morgan fingerprint density at radius 2 is 1.73 bits per heavy atom. The van der Waals surface area contributed by atoms with E-state index in [1.54, 1.807) is 28.0 Å². The van der Waals surface area contributed by atoms with Gasteiger partial charge in [-0.1, -0.05) is 32.0 Å². The van der Waals surface area contributed by atoms with Crippen molar-refractivity contribution < 1.29 is 9.53 Å². The molecule has 0 unspecified atom stereocenters. The quantitative estimate of drug-likeness (QED) is 0.313. The van der Waals surface area contributed by atoms with Crippen molar-refractivity contribution in [3.05, 3.63) is 81.2 Å². The molecule has 0 saturated carbocycles. The highest BCUT2D eigenvalue weighted by Crippen LogP contribution is 2.34. The molecule has 192 valence electrons. The number of nitrogens with zero attached hydrogens (tertiary/aromatic N) is 3. The largest absolute Gasteiger partial charge is 0.457 e. The number of benzene rings is 2. The van der Waals surface area contributed by atoms with E-state index in [-0.39, 0.29) is 18.0 Å². The minimum Gasteiger partial charge on any atom is -0.457 e. The lowest BCUT2D eigenvalue weighted by molar-refractivity contribution is -0.116. The number of aryl methyl sites for hydroxylation is 2. The van der Waals surface area contributed by atoms with E-state index in [1.807, 2.05) is 42.5 Å². The molecule has 0 spiro atoms. The number of para-hydroxylation sites is 1. The van der Waals surface area contributed by atoms with Crippen molar-refractivity contribution in [2.24, 2.45) is 0 Å². The Kier molecular flexibility index (Phi) is 7.67. The molecule has 1 aliphatic carbocycles. The predicted octanol–water partition coefficient (Wildman–Crippen LogP) is 5.61. The van der Waals surface area contributed by atoms with Gasteiger partial charge in [-0.3, -0.25) is 19.1 Å². The average molecular weight is 517 g/mol. The summed E-state index contributed by atoms with van der Waals surface area (Å²) in [6.45, 7) is 6.31. The van der Waals surface area contributed by atoms with Crippen LogP contribution >= 0.6 is 11.3 Å². The molecule has 0 bridgehead atoms. The van der Waals surface area contributed by atoms with Gasteiger partial charge in [-0.05, 0) is 80.7 Å². The molecule has 0 saturated heterocycles. The van der Waals surface area contributed by atoms with Crippen LogP contribution in [0.15, 0.2) is 59.4 Å². The molecule has 0 radical (unpaired) electrons. The zero-order valence-corrected chi connectivity index (χ0v) is 22.1. The van der Waals surface area contributed by atoms with Crippen molar-refractivity contribution in [3.8, 4) is 11.5 Å². The molecule has 2 aromatic carbocycles. The van der Waals surface area contributed by atoms with Crippen LogP contribution in [0.1, 0.15) is 43.0 Å². The SMILES string of the molecule is CCN(CC)Cc1nc2sc3c(c2c(=O)n1CC(=O)Nc1ccc(Oc2ccccc2)cc1)CCCC3. The van der Waals surface area contributed by atoms with Gasteiger partial charge in [0.15, 0.2) is 0 Å². The number of hydrogen-bond acceptors (Lipinski definition) is 6. The highest BCUT2D eigenvalue weighted by Gasteiger charge is 2.23. The minimum atomic E-state index is -0.259. The maximum Gasteiger partial charge on any atom is 0.263 e. The van der Waals surface area contributed by atoms with E-state index in [2.05, 4.69) is 24.1 Å². The molecule has 1 amide bonds. The molecule has 0 aliphatic heterocycles. The van der Waals surface area contributed by atoms with Gasteiger partial charge in [0, 0.05) is 10.6 Å². The zero-order chi connectivity index (χ0) is 25.8. The summed E-state index contributed by atoms with van der Waals surface area (Å²) >= 11 is 1.65. The molecule has 5 rings (SSSR count). The van der Waals surface area contributed by atoms with Crippen LogP contribution in [0.3, 0.4) is 0 Å². The standard InChI is InChI=1S/C29H32N4O3S/c1-3-32(4-2)18-25-31-28-27(23-12-8-9-13-24(23)37-28)29(35)33(25)19-26(34)30-20-14-16-22(17-15-20)36-21-10-6-5-7-11-21/h5-7,10-11,14-17H,3-4,8-9,12-13,18-19H2,1-2H3,(H,30,34). The third kappa shape index (κ3) is 5.60. The number of hydrogen-bond donors (Lipinski definition) is 1. The minimum absolute atomic E-state index is 0.0781. The summed E-state index contributed by atoms with van der Waals surface area (Å²) in [6.07, 6.45) is 4.15. The molecule has 7 nitrogen and oxygen atoms in total. The van der Waals surface area contributed by atoms with Crippen molar-refractivity contribution in [1.29, 1.82) is 0 Å². The second-order valence-corrected chi connectivity index (χ2v) is 10.3. The van der Waals surface area contributed by atoms with Crippen molar-refractivity contribution in [1.82, 2.24) is 14.5 Å². The number of carbonyl (C=O) groups is 1. The monoisotopic (exact) mass is 516 g/mol. The highest BCUT2D eigenvalue weighted by molar-refractivity contribution is 7.18. The Morgan fingerprint density at radius 3 is 2.46 bits per heavy atom. The second kappa shape index (κ2) is 11.3. The fourth-order valence-electron chi connectivity index (χ4n) is 4.79. The summed E-state index contributed by atoms with van der Waals surface area (Å²) in [5.41, 5.74) is 1.68. The number of fused-ring (bicyclic) bond motifs is 3. The molecule has 0 atom stereocenters. The maximum atomic E-state index is 13.8. The molecular formula is C29H32N4O3S. The summed E-state index contributed by atoms with van der Waals surface area (Å²) in [6, 6.07) is 16.8. The maximum absolute atomic E-state index is 13.8. The molecular weight excluding hydrogens is 484 g/mol. The van der Waals surface area contributed by atoms with Gasteiger partial charge in [-0.25, -0.2) is 4.98 Å². The predicted molar refractivity (Wildman–Crippen MR) is 149 cm³/mol. The fraction of sp³-hybridized carbons (Fsp3) is 0.345. The van der Waals surface area contributed by atoms with E-state index in [4.69, 9.17) is 9.72 Å². The highest BCUT2D eigenvalue weighted by atomic mass is 32.1. The van der Waals surface area contributed by atoms with Crippen molar-refractivity contribution in [2.45, 2.75) is 52.6 Å². The molecule has 1 N–H and O–H groups in total.